The van der Waals surface area contributed by atoms with Gasteiger partial charge in [-0.2, -0.15) is 15.5 Å². The van der Waals surface area contributed by atoms with Gasteiger partial charge in [-0.1, -0.05) is 55.4 Å². The van der Waals surface area contributed by atoms with Crippen molar-refractivity contribution in [3.63, 3.8) is 0 Å². The lowest BCUT2D eigenvalue weighted by Crippen LogP contribution is -2.04. The van der Waals surface area contributed by atoms with E-state index in [9.17, 15) is 4.79 Å². The van der Waals surface area contributed by atoms with E-state index in [1.54, 1.807) is 18.2 Å². The number of anilines is 1. The number of isocyanates is 1. The van der Waals surface area contributed by atoms with E-state index in [4.69, 9.17) is 16.3 Å². The van der Waals surface area contributed by atoms with Crippen molar-refractivity contribution in [1.29, 1.82) is 10.5 Å². The van der Waals surface area contributed by atoms with Gasteiger partial charge in [0.1, 0.15) is 0 Å². The van der Waals surface area contributed by atoms with Gasteiger partial charge < -0.3 is 5.73 Å². The summed E-state index contributed by atoms with van der Waals surface area (Å²) >= 11 is 0. The van der Waals surface area contributed by atoms with E-state index in [1.807, 2.05) is 39.8 Å². The van der Waals surface area contributed by atoms with Crippen LogP contribution in [0, 0.1) is 22.7 Å². The SMILES string of the molecule is CC(C)c1cc(C#N)cc(C(C)C)c1N.CC(C)c1cc(C#N)cc(C(C)C)c1N=C=O. The third-order valence-electron chi connectivity index (χ3n) is 5.32. The molecule has 5 heteroatoms. The van der Waals surface area contributed by atoms with Gasteiger partial charge in [-0.3, -0.25) is 0 Å². The van der Waals surface area contributed by atoms with Gasteiger partial charge in [0.05, 0.1) is 29.0 Å². The van der Waals surface area contributed by atoms with Gasteiger partial charge >= 0.3 is 0 Å². The molecule has 32 heavy (non-hydrogen) atoms. The maximum absolute atomic E-state index is 10.5. The number of carbonyl (C=O) groups excluding carboxylic acids is 1. The lowest BCUT2D eigenvalue weighted by molar-refractivity contribution is 0.565. The molecule has 0 spiro atoms. The molecule has 0 fully saturated rings. The van der Waals surface area contributed by atoms with Crippen LogP contribution in [0.25, 0.3) is 0 Å². The van der Waals surface area contributed by atoms with Crippen molar-refractivity contribution >= 4 is 17.5 Å². The Morgan fingerprint density at radius 2 is 1.00 bits per heavy atom. The van der Waals surface area contributed by atoms with Crippen LogP contribution in [0.1, 0.15) is 112 Å². The summed E-state index contributed by atoms with van der Waals surface area (Å²) < 4.78 is 0. The molecule has 0 heterocycles. The molecule has 5 nitrogen and oxygen atoms in total. The molecule has 0 radical (unpaired) electrons. The minimum Gasteiger partial charge on any atom is -0.398 e. The van der Waals surface area contributed by atoms with Crippen LogP contribution >= 0.6 is 0 Å². The van der Waals surface area contributed by atoms with Crippen LogP contribution in [-0.4, -0.2) is 6.08 Å². The highest BCUT2D eigenvalue weighted by atomic mass is 16.1. The molecule has 2 rings (SSSR count). The minimum atomic E-state index is 0.216. The summed E-state index contributed by atoms with van der Waals surface area (Å²) in [7, 11) is 0. The highest BCUT2D eigenvalue weighted by Gasteiger charge is 2.16. The fraction of sp³-hybridized carbons (Fsp3) is 0.444. The first-order valence-corrected chi connectivity index (χ1v) is 11.0. The third-order valence-corrected chi connectivity index (χ3v) is 5.32. The predicted molar refractivity (Wildman–Crippen MR) is 131 cm³/mol. The maximum atomic E-state index is 10.5. The zero-order valence-corrected chi connectivity index (χ0v) is 20.4. The van der Waals surface area contributed by atoms with E-state index in [-0.39, 0.29) is 11.8 Å². The fourth-order valence-corrected chi connectivity index (χ4v) is 3.52. The van der Waals surface area contributed by atoms with Crippen LogP contribution in [0.5, 0.6) is 0 Å². The molecular formula is C27H34N4O. The molecule has 0 aliphatic carbocycles. The summed E-state index contributed by atoms with van der Waals surface area (Å²) in [5, 5.41) is 18.0. The van der Waals surface area contributed by atoms with Crippen molar-refractivity contribution in [2.45, 2.75) is 79.1 Å². The predicted octanol–water partition coefficient (Wildman–Crippen LogP) is 7.16. The van der Waals surface area contributed by atoms with Crippen molar-refractivity contribution in [2.75, 3.05) is 5.73 Å². The number of nitrogens with zero attached hydrogens (tertiary/aromatic N) is 3. The quantitative estimate of drug-likeness (QED) is 0.309. The molecule has 0 atom stereocenters. The van der Waals surface area contributed by atoms with E-state index in [1.165, 1.54) is 0 Å². The number of nitrogen functional groups attached to an aromatic ring is 1. The largest absolute Gasteiger partial charge is 0.398 e. The minimum absolute atomic E-state index is 0.216. The number of nitrogens with two attached hydrogens (primary N) is 1. The van der Waals surface area contributed by atoms with E-state index >= 15 is 0 Å². The van der Waals surface area contributed by atoms with Gasteiger partial charge in [0.25, 0.3) is 0 Å². The van der Waals surface area contributed by atoms with Gasteiger partial charge in [0.2, 0.25) is 6.08 Å². The van der Waals surface area contributed by atoms with E-state index in [0.717, 1.165) is 27.9 Å². The molecule has 0 aliphatic rings. The van der Waals surface area contributed by atoms with Crippen LogP contribution in [-0.2, 0) is 4.79 Å². The number of aliphatic imine (C=N–C) groups is 1. The lowest BCUT2D eigenvalue weighted by Gasteiger charge is -2.16. The first-order valence-electron chi connectivity index (χ1n) is 11.0. The molecule has 0 aromatic heterocycles. The van der Waals surface area contributed by atoms with Crippen LogP contribution in [0.4, 0.5) is 11.4 Å². The van der Waals surface area contributed by atoms with E-state index in [2.05, 4.69) is 44.8 Å². The Hall–Kier alpha value is -3.40. The van der Waals surface area contributed by atoms with Gasteiger partial charge in [0.15, 0.2) is 0 Å². The van der Waals surface area contributed by atoms with Crippen LogP contribution in [0.15, 0.2) is 29.3 Å². The molecule has 0 saturated carbocycles. The molecule has 2 N–H and O–H groups in total. The summed E-state index contributed by atoms with van der Waals surface area (Å²) in [6.45, 7) is 16.4. The third kappa shape index (κ3) is 6.55. The Labute approximate surface area is 192 Å². The normalized spacial score (nSPS) is 10.4. The second-order valence-electron chi connectivity index (χ2n) is 9.12. The Morgan fingerprint density at radius 1 is 0.688 bits per heavy atom. The van der Waals surface area contributed by atoms with E-state index < -0.39 is 0 Å². The Balaban J connectivity index is 0.000000323. The smallest absolute Gasteiger partial charge is 0.240 e. The number of benzene rings is 2. The number of nitriles is 2. The summed E-state index contributed by atoms with van der Waals surface area (Å²) in [5.41, 5.74) is 13.0. The highest BCUT2D eigenvalue weighted by Crippen LogP contribution is 2.35. The number of hydrogen-bond acceptors (Lipinski definition) is 5. The molecule has 168 valence electrons. The Bertz CT molecular complexity index is 1020. The number of hydrogen-bond donors (Lipinski definition) is 1. The summed E-state index contributed by atoms with van der Waals surface area (Å²) in [4.78, 5) is 14.3. The van der Waals surface area contributed by atoms with E-state index in [0.29, 0.717) is 28.7 Å². The first-order chi connectivity index (χ1) is 15.0. The highest BCUT2D eigenvalue weighted by molar-refractivity contribution is 5.63. The van der Waals surface area contributed by atoms with Crippen molar-refractivity contribution in [1.82, 2.24) is 0 Å². The second-order valence-corrected chi connectivity index (χ2v) is 9.12. The van der Waals surface area contributed by atoms with Gasteiger partial charge in [-0.25, -0.2) is 4.79 Å². The summed E-state index contributed by atoms with van der Waals surface area (Å²) in [6.07, 6.45) is 1.60. The molecule has 2 aromatic carbocycles. The average molecular weight is 431 g/mol. The molecule has 0 saturated heterocycles. The monoisotopic (exact) mass is 430 g/mol. The van der Waals surface area contributed by atoms with Gasteiger partial charge in [-0.15, -0.1) is 0 Å². The van der Waals surface area contributed by atoms with Crippen LogP contribution in [0.2, 0.25) is 0 Å². The van der Waals surface area contributed by atoms with Crippen molar-refractivity contribution < 1.29 is 4.79 Å². The number of rotatable bonds is 5. The molecule has 0 aliphatic heterocycles. The molecule has 2 aromatic rings. The Kier molecular flexibility index (Phi) is 9.86. The zero-order chi connectivity index (χ0) is 24.6. The zero-order valence-electron chi connectivity index (χ0n) is 20.4. The topological polar surface area (TPSA) is 103 Å². The second kappa shape index (κ2) is 11.8. The Morgan fingerprint density at radius 3 is 1.25 bits per heavy atom. The lowest BCUT2D eigenvalue weighted by atomic mass is 9.91. The van der Waals surface area contributed by atoms with Gasteiger partial charge in [0, 0.05) is 5.69 Å². The summed E-state index contributed by atoms with van der Waals surface area (Å²) in [6, 6.07) is 11.7. The van der Waals surface area contributed by atoms with Crippen LogP contribution < -0.4 is 5.73 Å². The van der Waals surface area contributed by atoms with Crippen molar-refractivity contribution in [2.24, 2.45) is 4.99 Å². The van der Waals surface area contributed by atoms with Crippen molar-refractivity contribution in [3.8, 4) is 12.1 Å². The van der Waals surface area contributed by atoms with Gasteiger partial charge in [-0.05, 0) is 70.2 Å². The molecule has 0 bridgehead atoms. The molecule has 0 amide bonds. The molecule has 0 unspecified atom stereocenters. The average Bonchev–Trinajstić information content (AvgIpc) is 2.73. The first kappa shape index (κ1) is 26.6. The molecular weight excluding hydrogens is 396 g/mol. The van der Waals surface area contributed by atoms with Crippen molar-refractivity contribution in [3.05, 3.63) is 57.6 Å². The standard InChI is InChI=1S/C14H16N2O.C13H18N2/c1-9(2)12-5-11(7-15)6-13(10(3)4)14(12)16-8-17;1-8(2)11-5-10(7-14)6-12(9(3)4)13(11)15/h5-6,9-10H,1-4H3;5-6,8-9H,15H2,1-4H3. The maximum Gasteiger partial charge on any atom is 0.240 e. The fourth-order valence-electron chi connectivity index (χ4n) is 3.52. The summed E-state index contributed by atoms with van der Waals surface area (Å²) in [5.74, 6) is 1.15. The van der Waals surface area contributed by atoms with Crippen LogP contribution in [0.3, 0.4) is 0 Å².